The molecule has 0 atom stereocenters. The number of para-hydroxylation sites is 1. The van der Waals surface area contributed by atoms with Crippen LogP contribution in [0.2, 0.25) is 0 Å². The second kappa shape index (κ2) is 7.03. The average Bonchev–Trinajstić information content (AvgIpc) is 2.42. The second-order valence-electron chi connectivity index (χ2n) is 5.03. The molecule has 1 aliphatic carbocycles. The predicted octanol–water partition coefficient (Wildman–Crippen LogP) is 1.91. The largest absolute Gasteiger partial charge is 0.493 e. The molecule has 1 aromatic carbocycles. The molecule has 0 unspecified atom stereocenters. The van der Waals surface area contributed by atoms with Crippen molar-refractivity contribution in [2.45, 2.75) is 25.8 Å². The molecule has 0 saturated heterocycles. The van der Waals surface area contributed by atoms with E-state index in [1.54, 1.807) is 14.2 Å². The van der Waals surface area contributed by atoms with Gasteiger partial charge in [0, 0.05) is 12.1 Å². The zero-order valence-electron chi connectivity index (χ0n) is 12.2. The fourth-order valence-electron chi connectivity index (χ4n) is 2.25. The number of methoxy groups -OCH3 is 2. The molecule has 0 heterocycles. The molecule has 5 nitrogen and oxygen atoms in total. The molecular weight excluding hydrogens is 254 g/mol. The maximum Gasteiger partial charge on any atom is 0.188 e. The van der Waals surface area contributed by atoms with Crippen molar-refractivity contribution in [3.05, 3.63) is 23.8 Å². The predicted molar refractivity (Wildman–Crippen MR) is 80.2 cm³/mol. The van der Waals surface area contributed by atoms with E-state index in [0.717, 1.165) is 18.0 Å². The monoisotopic (exact) mass is 277 g/mol. The molecule has 2 rings (SSSR count). The Kier molecular flexibility index (Phi) is 5.09. The van der Waals surface area contributed by atoms with Crippen molar-refractivity contribution in [3.8, 4) is 11.5 Å². The number of aliphatic imine (C=N–C) groups is 1. The Morgan fingerprint density at radius 3 is 2.75 bits per heavy atom. The number of nitrogens with zero attached hydrogens (tertiary/aromatic N) is 1. The summed E-state index contributed by atoms with van der Waals surface area (Å²) in [6.07, 6.45) is 3.93. The molecule has 0 bridgehead atoms. The number of rotatable bonds is 6. The van der Waals surface area contributed by atoms with E-state index < -0.39 is 0 Å². The van der Waals surface area contributed by atoms with Gasteiger partial charge in [0.05, 0.1) is 20.8 Å². The number of nitrogens with two attached hydrogens (primary N) is 1. The molecule has 0 amide bonds. The van der Waals surface area contributed by atoms with E-state index in [9.17, 15) is 0 Å². The van der Waals surface area contributed by atoms with Crippen LogP contribution in [0.4, 0.5) is 0 Å². The summed E-state index contributed by atoms with van der Waals surface area (Å²) in [6.45, 7) is 1.40. The van der Waals surface area contributed by atoms with Gasteiger partial charge in [-0.05, 0) is 24.8 Å². The Balaban J connectivity index is 1.94. The third-order valence-electron chi connectivity index (χ3n) is 3.70. The van der Waals surface area contributed by atoms with Gasteiger partial charge in [0.15, 0.2) is 17.5 Å². The van der Waals surface area contributed by atoms with Crippen molar-refractivity contribution >= 4 is 5.96 Å². The smallest absolute Gasteiger partial charge is 0.188 e. The molecule has 110 valence electrons. The lowest BCUT2D eigenvalue weighted by molar-refractivity contribution is 0.315. The van der Waals surface area contributed by atoms with Gasteiger partial charge in [-0.3, -0.25) is 0 Å². The van der Waals surface area contributed by atoms with Gasteiger partial charge in [0.25, 0.3) is 0 Å². The highest BCUT2D eigenvalue weighted by molar-refractivity contribution is 5.77. The normalized spacial score (nSPS) is 15.6. The van der Waals surface area contributed by atoms with Crippen LogP contribution in [0.1, 0.15) is 24.8 Å². The molecule has 0 aromatic heterocycles. The van der Waals surface area contributed by atoms with Crippen LogP contribution in [0.3, 0.4) is 0 Å². The standard InChI is InChI=1S/C15H23N3O2/c1-19-13-8-4-7-12(14(13)20-2)10-18-15(16)17-9-11-5-3-6-11/h4,7-8,11H,3,5-6,9-10H2,1-2H3,(H3,16,17,18). The third-order valence-corrected chi connectivity index (χ3v) is 3.70. The lowest BCUT2D eigenvalue weighted by Crippen LogP contribution is -2.37. The van der Waals surface area contributed by atoms with Crippen molar-refractivity contribution in [1.82, 2.24) is 5.32 Å². The minimum atomic E-state index is 0.476. The van der Waals surface area contributed by atoms with Crippen molar-refractivity contribution in [2.75, 3.05) is 20.8 Å². The van der Waals surface area contributed by atoms with E-state index in [2.05, 4.69) is 10.3 Å². The molecule has 1 saturated carbocycles. The molecule has 5 heteroatoms. The molecule has 0 radical (unpaired) electrons. The highest BCUT2D eigenvalue weighted by atomic mass is 16.5. The van der Waals surface area contributed by atoms with Crippen LogP contribution in [0.25, 0.3) is 0 Å². The SMILES string of the molecule is COc1cccc(CN=C(N)NCC2CCC2)c1OC. The van der Waals surface area contributed by atoms with E-state index in [1.807, 2.05) is 18.2 Å². The van der Waals surface area contributed by atoms with Gasteiger partial charge in [-0.25, -0.2) is 4.99 Å². The van der Waals surface area contributed by atoms with Crippen molar-refractivity contribution in [2.24, 2.45) is 16.6 Å². The van der Waals surface area contributed by atoms with Crippen LogP contribution in [0.15, 0.2) is 23.2 Å². The van der Waals surface area contributed by atoms with Gasteiger partial charge in [0.2, 0.25) is 0 Å². The zero-order chi connectivity index (χ0) is 14.4. The maximum atomic E-state index is 5.88. The van der Waals surface area contributed by atoms with Crippen LogP contribution in [-0.2, 0) is 6.54 Å². The van der Waals surface area contributed by atoms with Crippen LogP contribution in [0.5, 0.6) is 11.5 Å². The summed E-state index contributed by atoms with van der Waals surface area (Å²) in [7, 11) is 3.25. The van der Waals surface area contributed by atoms with Gasteiger partial charge in [-0.15, -0.1) is 0 Å². The Bertz CT molecular complexity index is 470. The highest BCUT2D eigenvalue weighted by Crippen LogP contribution is 2.31. The van der Waals surface area contributed by atoms with Gasteiger partial charge >= 0.3 is 0 Å². The minimum Gasteiger partial charge on any atom is -0.493 e. The second-order valence-corrected chi connectivity index (χ2v) is 5.03. The number of guanidine groups is 1. The molecule has 3 N–H and O–H groups in total. The highest BCUT2D eigenvalue weighted by Gasteiger charge is 2.16. The van der Waals surface area contributed by atoms with Crippen LogP contribution < -0.4 is 20.5 Å². The zero-order valence-corrected chi connectivity index (χ0v) is 12.2. The summed E-state index contributed by atoms with van der Waals surface area (Å²) < 4.78 is 10.6. The van der Waals surface area contributed by atoms with Gasteiger partial charge in [0.1, 0.15) is 0 Å². The van der Waals surface area contributed by atoms with Gasteiger partial charge in [-0.2, -0.15) is 0 Å². The Morgan fingerprint density at radius 1 is 1.35 bits per heavy atom. The first-order valence-corrected chi connectivity index (χ1v) is 6.98. The third kappa shape index (κ3) is 3.56. The lowest BCUT2D eigenvalue weighted by atomic mass is 9.85. The first-order valence-electron chi connectivity index (χ1n) is 6.98. The van der Waals surface area contributed by atoms with Crippen molar-refractivity contribution in [3.63, 3.8) is 0 Å². The molecule has 1 aliphatic rings. The van der Waals surface area contributed by atoms with Crippen LogP contribution in [0, 0.1) is 5.92 Å². The molecule has 1 fully saturated rings. The molecule has 0 aliphatic heterocycles. The van der Waals surface area contributed by atoms with Crippen LogP contribution >= 0.6 is 0 Å². The summed E-state index contributed by atoms with van der Waals surface area (Å²) in [6, 6.07) is 5.75. The van der Waals surface area contributed by atoms with E-state index >= 15 is 0 Å². The van der Waals surface area contributed by atoms with E-state index in [-0.39, 0.29) is 0 Å². The number of hydrogen-bond acceptors (Lipinski definition) is 3. The lowest BCUT2D eigenvalue weighted by Gasteiger charge is -2.25. The first kappa shape index (κ1) is 14.5. The van der Waals surface area contributed by atoms with Crippen molar-refractivity contribution in [1.29, 1.82) is 0 Å². The Labute approximate surface area is 120 Å². The Morgan fingerprint density at radius 2 is 2.15 bits per heavy atom. The summed E-state index contributed by atoms with van der Waals surface area (Å²) >= 11 is 0. The first-order chi connectivity index (χ1) is 9.74. The van der Waals surface area contributed by atoms with Crippen molar-refractivity contribution < 1.29 is 9.47 Å². The molecule has 1 aromatic rings. The summed E-state index contributed by atoms with van der Waals surface area (Å²) in [5.74, 6) is 2.67. The summed E-state index contributed by atoms with van der Waals surface area (Å²) in [4.78, 5) is 4.36. The van der Waals surface area contributed by atoms with Crippen LogP contribution in [-0.4, -0.2) is 26.7 Å². The number of nitrogens with one attached hydrogen (secondary N) is 1. The Hall–Kier alpha value is -1.91. The quantitative estimate of drug-likeness (QED) is 0.615. The van der Waals surface area contributed by atoms with Gasteiger partial charge < -0.3 is 20.5 Å². The fourth-order valence-corrected chi connectivity index (χ4v) is 2.25. The maximum absolute atomic E-state index is 5.88. The van der Waals surface area contributed by atoms with E-state index in [1.165, 1.54) is 19.3 Å². The minimum absolute atomic E-state index is 0.476. The summed E-state index contributed by atoms with van der Waals surface area (Å²) in [5.41, 5.74) is 6.84. The number of benzene rings is 1. The van der Waals surface area contributed by atoms with E-state index in [4.69, 9.17) is 15.2 Å². The van der Waals surface area contributed by atoms with Gasteiger partial charge in [-0.1, -0.05) is 18.6 Å². The molecular formula is C15H23N3O2. The topological polar surface area (TPSA) is 68.9 Å². The van der Waals surface area contributed by atoms with E-state index in [0.29, 0.717) is 24.0 Å². The number of hydrogen-bond donors (Lipinski definition) is 2. The fraction of sp³-hybridized carbons (Fsp3) is 0.533. The summed E-state index contributed by atoms with van der Waals surface area (Å²) in [5, 5.41) is 3.18. The molecule has 20 heavy (non-hydrogen) atoms. The average molecular weight is 277 g/mol. The molecule has 0 spiro atoms. The number of ether oxygens (including phenoxy) is 2.